The molecular formula is C19H19N3O2S. The van der Waals surface area contributed by atoms with Crippen LogP contribution in [-0.2, 0) is 0 Å². The Labute approximate surface area is 152 Å². The molecule has 6 heteroatoms. The highest BCUT2D eigenvalue weighted by Crippen LogP contribution is 2.29. The molecule has 2 aromatic rings. The number of hydrogen-bond acceptors (Lipinski definition) is 3. The molecule has 0 aromatic heterocycles. The van der Waals surface area contributed by atoms with Crippen molar-refractivity contribution in [2.45, 2.75) is 13.0 Å². The Bertz CT molecular complexity index is 816. The third-order valence-corrected chi connectivity index (χ3v) is 4.32. The van der Waals surface area contributed by atoms with Crippen LogP contribution in [0.2, 0.25) is 0 Å². The first-order chi connectivity index (χ1) is 12.1. The molecule has 5 nitrogen and oxygen atoms in total. The van der Waals surface area contributed by atoms with E-state index in [1.807, 2.05) is 61.5 Å². The van der Waals surface area contributed by atoms with Crippen molar-refractivity contribution in [3.05, 3.63) is 71.4 Å². The van der Waals surface area contributed by atoms with E-state index in [2.05, 4.69) is 16.0 Å². The van der Waals surface area contributed by atoms with Gasteiger partial charge in [-0.05, 0) is 36.8 Å². The van der Waals surface area contributed by atoms with Crippen LogP contribution in [-0.4, -0.2) is 18.1 Å². The Balaban J connectivity index is 1.93. The number of rotatable bonds is 4. The van der Waals surface area contributed by atoms with Crippen molar-refractivity contribution in [3.63, 3.8) is 0 Å². The topological polar surface area (TPSA) is 62.4 Å². The van der Waals surface area contributed by atoms with Gasteiger partial charge in [-0.25, -0.2) is 4.79 Å². The summed E-state index contributed by atoms with van der Waals surface area (Å²) >= 11 is 5.61. The molecule has 0 bridgehead atoms. The zero-order chi connectivity index (χ0) is 17.8. The molecule has 2 aromatic carbocycles. The highest BCUT2D eigenvalue weighted by Gasteiger charge is 2.29. The predicted molar refractivity (Wildman–Crippen MR) is 103 cm³/mol. The normalized spacial score (nSPS) is 16.7. The number of thiocarbonyl (C=S) groups is 1. The number of ether oxygens (including phenoxy) is 1. The number of amides is 2. The molecule has 0 aliphatic carbocycles. The standard InChI is InChI=1S/C19H19N3O2S/c1-12-16(18(25)21-14-6-4-3-5-7-14)17(22-19(23)20-12)13-8-10-15(24-2)11-9-13/h3-11,17H,1-2H3,(H,21,25)(H2,20,22,23)/t17-/m0/s1. The number of hydrogen-bond donors (Lipinski definition) is 3. The zero-order valence-corrected chi connectivity index (χ0v) is 14.8. The second kappa shape index (κ2) is 7.36. The van der Waals surface area contributed by atoms with Gasteiger partial charge in [-0.15, -0.1) is 0 Å². The number of methoxy groups -OCH3 is 1. The predicted octanol–water partition coefficient (Wildman–Crippen LogP) is 3.76. The SMILES string of the molecule is COc1ccc([C@@H]2NC(=O)NC(C)=C2C(=S)Nc2ccccc2)cc1. The molecule has 0 unspecified atom stereocenters. The minimum atomic E-state index is -0.330. The van der Waals surface area contributed by atoms with Crippen LogP contribution >= 0.6 is 12.2 Å². The Kier molecular flexibility index (Phi) is 5.00. The Hall–Kier alpha value is -2.86. The summed E-state index contributed by atoms with van der Waals surface area (Å²) in [4.78, 5) is 12.5. The molecule has 25 heavy (non-hydrogen) atoms. The smallest absolute Gasteiger partial charge is 0.319 e. The Morgan fingerprint density at radius 2 is 1.80 bits per heavy atom. The fourth-order valence-corrected chi connectivity index (χ4v) is 3.15. The van der Waals surface area contributed by atoms with E-state index in [1.54, 1.807) is 7.11 Å². The molecule has 0 spiro atoms. The van der Waals surface area contributed by atoms with Crippen molar-refractivity contribution in [1.29, 1.82) is 0 Å². The maximum Gasteiger partial charge on any atom is 0.319 e. The van der Waals surface area contributed by atoms with Gasteiger partial charge in [-0.3, -0.25) is 0 Å². The highest BCUT2D eigenvalue weighted by molar-refractivity contribution is 7.81. The van der Waals surface area contributed by atoms with Gasteiger partial charge in [0.25, 0.3) is 0 Å². The number of urea groups is 1. The maximum atomic E-state index is 12.0. The third-order valence-electron chi connectivity index (χ3n) is 3.99. The van der Waals surface area contributed by atoms with Gasteiger partial charge >= 0.3 is 6.03 Å². The van der Waals surface area contributed by atoms with Gasteiger partial charge in [0.2, 0.25) is 0 Å². The molecule has 0 saturated carbocycles. The number of benzene rings is 2. The second-order valence-electron chi connectivity index (χ2n) is 5.66. The van der Waals surface area contributed by atoms with Gasteiger partial charge in [0.15, 0.2) is 0 Å². The van der Waals surface area contributed by atoms with Crippen LogP contribution in [0.25, 0.3) is 0 Å². The van der Waals surface area contributed by atoms with Crippen molar-refractivity contribution in [3.8, 4) is 5.75 Å². The lowest BCUT2D eigenvalue weighted by atomic mass is 9.95. The first kappa shape index (κ1) is 17.0. The van der Waals surface area contributed by atoms with Crippen molar-refractivity contribution in [2.75, 3.05) is 12.4 Å². The lowest BCUT2D eigenvalue weighted by Crippen LogP contribution is -2.45. The van der Waals surface area contributed by atoms with E-state index >= 15 is 0 Å². The molecule has 3 rings (SSSR count). The number of para-hydroxylation sites is 1. The van der Waals surface area contributed by atoms with Crippen molar-refractivity contribution < 1.29 is 9.53 Å². The summed E-state index contributed by atoms with van der Waals surface area (Å²) in [5.74, 6) is 0.760. The fraction of sp³-hybridized carbons (Fsp3) is 0.158. The van der Waals surface area contributed by atoms with E-state index in [0.29, 0.717) is 4.99 Å². The minimum Gasteiger partial charge on any atom is -0.497 e. The number of carbonyl (C=O) groups is 1. The Morgan fingerprint density at radius 3 is 2.44 bits per heavy atom. The number of nitrogens with one attached hydrogen (secondary N) is 3. The summed E-state index contributed by atoms with van der Waals surface area (Å²) in [5, 5.41) is 8.97. The van der Waals surface area contributed by atoms with E-state index in [-0.39, 0.29) is 12.1 Å². The molecule has 0 saturated heterocycles. The monoisotopic (exact) mass is 353 g/mol. The molecule has 0 radical (unpaired) electrons. The van der Waals surface area contributed by atoms with Crippen LogP contribution in [0, 0.1) is 0 Å². The molecule has 3 N–H and O–H groups in total. The molecular weight excluding hydrogens is 334 g/mol. The average molecular weight is 353 g/mol. The van der Waals surface area contributed by atoms with E-state index in [9.17, 15) is 4.79 Å². The molecule has 1 aliphatic rings. The third kappa shape index (κ3) is 3.80. The summed E-state index contributed by atoms with van der Waals surface area (Å²) in [6, 6.07) is 16.7. The molecule has 0 fully saturated rings. The van der Waals surface area contributed by atoms with Gasteiger partial charge in [0.1, 0.15) is 10.7 Å². The number of allylic oxidation sites excluding steroid dienone is 1. The summed E-state index contributed by atoms with van der Waals surface area (Å²) in [7, 11) is 1.62. The van der Waals surface area contributed by atoms with Crippen molar-refractivity contribution in [2.24, 2.45) is 0 Å². The van der Waals surface area contributed by atoms with Crippen molar-refractivity contribution in [1.82, 2.24) is 10.6 Å². The average Bonchev–Trinajstić information content (AvgIpc) is 2.62. The maximum absolute atomic E-state index is 12.0. The van der Waals surface area contributed by atoms with Gasteiger partial charge in [-0.2, -0.15) is 0 Å². The van der Waals surface area contributed by atoms with Crippen LogP contribution in [0.5, 0.6) is 5.75 Å². The second-order valence-corrected chi connectivity index (χ2v) is 6.07. The van der Waals surface area contributed by atoms with E-state index in [1.165, 1.54) is 0 Å². The molecule has 2 amide bonds. The summed E-state index contributed by atoms with van der Waals surface area (Å²) in [5.41, 5.74) is 3.40. The van der Waals surface area contributed by atoms with Gasteiger partial charge in [0.05, 0.1) is 13.2 Å². The lowest BCUT2D eigenvalue weighted by molar-refractivity contribution is 0.239. The fourth-order valence-electron chi connectivity index (χ4n) is 2.76. The molecule has 1 atom stereocenters. The van der Waals surface area contributed by atoms with Gasteiger partial charge < -0.3 is 20.7 Å². The number of anilines is 1. The van der Waals surface area contributed by atoms with E-state index in [0.717, 1.165) is 28.3 Å². The van der Waals surface area contributed by atoms with Crippen LogP contribution in [0.3, 0.4) is 0 Å². The first-order valence-electron chi connectivity index (χ1n) is 7.87. The van der Waals surface area contributed by atoms with Crippen LogP contribution in [0.4, 0.5) is 10.5 Å². The van der Waals surface area contributed by atoms with Crippen LogP contribution in [0.15, 0.2) is 65.9 Å². The highest BCUT2D eigenvalue weighted by atomic mass is 32.1. The van der Waals surface area contributed by atoms with Crippen molar-refractivity contribution >= 4 is 28.9 Å². The number of carbonyl (C=O) groups excluding carboxylic acids is 1. The summed E-state index contributed by atoms with van der Waals surface area (Å²) in [6.07, 6.45) is 0. The summed E-state index contributed by atoms with van der Waals surface area (Å²) in [6.45, 7) is 1.85. The van der Waals surface area contributed by atoms with E-state index in [4.69, 9.17) is 17.0 Å². The summed E-state index contributed by atoms with van der Waals surface area (Å²) < 4.78 is 5.20. The van der Waals surface area contributed by atoms with Crippen LogP contribution < -0.4 is 20.7 Å². The van der Waals surface area contributed by atoms with Gasteiger partial charge in [0, 0.05) is 17.0 Å². The molecule has 128 valence electrons. The quantitative estimate of drug-likeness (QED) is 0.733. The first-order valence-corrected chi connectivity index (χ1v) is 8.28. The molecule has 1 aliphatic heterocycles. The zero-order valence-electron chi connectivity index (χ0n) is 14.0. The molecule has 1 heterocycles. The van der Waals surface area contributed by atoms with Gasteiger partial charge in [-0.1, -0.05) is 42.5 Å². The Morgan fingerprint density at radius 1 is 1.12 bits per heavy atom. The minimum absolute atomic E-state index is 0.246. The lowest BCUT2D eigenvalue weighted by Gasteiger charge is -2.30. The largest absolute Gasteiger partial charge is 0.497 e. The van der Waals surface area contributed by atoms with E-state index < -0.39 is 0 Å². The van der Waals surface area contributed by atoms with Crippen LogP contribution in [0.1, 0.15) is 18.5 Å².